The molecular weight excluding hydrogens is 324 g/mol. The van der Waals surface area contributed by atoms with Crippen molar-refractivity contribution in [1.29, 1.82) is 0 Å². The van der Waals surface area contributed by atoms with Crippen LogP contribution < -0.4 is 15.2 Å². The lowest BCUT2D eigenvalue weighted by Crippen LogP contribution is -2.34. The molecular formula is C18H24N2O5. The van der Waals surface area contributed by atoms with Crippen molar-refractivity contribution >= 4 is 12.0 Å². The van der Waals surface area contributed by atoms with E-state index in [0.29, 0.717) is 18.0 Å². The number of amides is 2. The number of primary amides is 1. The summed E-state index contributed by atoms with van der Waals surface area (Å²) in [5.74, 6) is -0.661. The Kier molecular flexibility index (Phi) is 5.01. The number of carbonyl (C=O) groups excluding carboxylic acids is 1. The fourth-order valence-corrected chi connectivity index (χ4v) is 3.77. The van der Waals surface area contributed by atoms with E-state index in [2.05, 4.69) is 0 Å². The van der Waals surface area contributed by atoms with Gasteiger partial charge in [0.1, 0.15) is 0 Å². The molecule has 2 fully saturated rings. The second-order valence-corrected chi connectivity index (χ2v) is 6.73. The molecule has 0 aromatic heterocycles. The highest BCUT2D eigenvalue weighted by molar-refractivity contribution is 5.77. The predicted molar refractivity (Wildman–Crippen MR) is 90.9 cm³/mol. The number of rotatable bonds is 5. The van der Waals surface area contributed by atoms with Gasteiger partial charge >= 0.3 is 12.0 Å². The topological polar surface area (TPSA) is 102 Å². The van der Waals surface area contributed by atoms with Crippen molar-refractivity contribution in [2.45, 2.75) is 37.7 Å². The van der Waals surface area contributed by atoms with Gasteiger partial charge in [0.15, 0.2) is 11.5 Å². The summed E-state index contributed by atoms with van der Waals surface area (Å²) in [5, 5.41) is 9.51. The van der Waals surface area contributed by atoms with Gasteiger partial charge in [-0.25, -0.2) is 4.79 Å². The van der Waals surface area contributed by atoms with Crippen LogP contribution in [0.15, 0.2) is 18.2 Å². The highest BCUT2D eigenvalue weighted by Gasteiger charge is 2.40. The molecule has 0 spiro atoms. The molecule has 1 aliphatic carbocycles. The molecule has 1 saturated carbocycles. The third kappa shape index (κ3) is 3.65. The molecule has 7 heteroatoms. The van der Waals surface area contributed by atoms with Gasteiger partial charge in [0.25, 0.3) is 0 Å². The zero-order valence-electron chi connectivity index (χ0n) is 14.3. The van der Waals surface area contributed by atoms with E-state index in [1.54, 1.807) is 13.2 Å². The van der Waals surface area contributed by atoms with Crippen LogP contribution in [0.5, 0.6) is 11.5 Å². The van der Waals surface area contributed by atoms with Crippen LogP contribution in [-0.2, 0) is 4.79 Å². The van der Waals surface area contributed by atoms with Crippen molar-refractivity contribution in [3.63, 3.8) is 0 Å². The van der Waals surface area contributed by atoms with Crippen LogP contribution in [0, 0.1) is 5.92 Å². The zero-order valence-corrected chi connectivity index (χ0v) is 14.3. The van der Waals surface area contributed by atoms with E-state index in [4.69, 9.17) is 15.2 Å². The van der Waals surface area contributed by atoms with Crippen molar-refractivity contribution in [3.8, 4) is 11.5 Å². The molecule has 136 valence electrons. The maximum atomic E-state index is 11.6. The minimum Gasteiger partial charge on any atom is -0.493 e. The number of carboxylic acids is 1. The van der Waals surface area contributed by atoms with Crippen LogP contribution in [0.25, 0.3) is 0 Å². The first kappa shape index (κ1) is 17.4. The molecule has 0 unspecified atom stereocenters. The highest BCUT2D eigenvalue weighted by atomic mass is 16.5. The number of urea groups is 1. The summed E-state index contributed by atoms with van der Waals surface area (Å²) < 4.78 is 11.5. The normalized spacial score (nSPS) is 23.6. The minimum atomic E-state index is -0.928. The molecule has 1 aromatic rings. The van der Waals surface area contributed by atoms with E-state index in [9.17, 15) is 14.7 Å². The SMILES string of the molecule is COc1ccc([C@@H]2CN(C(N)=O)C[C@H]2C(=O)O)cc1OC1CCCC1. The van der Waals surface area contributed by atoms with Crippen molar-refractivity contribution in [1.82, 2.24) is 4.90 Å². The molecule has 25 heavy (non-hydrogen) atoms. The zero-order chi connectivity index (χ0) is 18.0. The number of hydrogen-bond acceptors (Lipinski definition) is 4. The summed E-state index contributed by atoms with van der Waals surface area (Å²) in [6, 6.07) is 4.89. The van der Waals surface area contributed by atoms with Gasteiger partial charge in [0, 0.05) is 19.0 Å². The number of carbonyl (C=O) groups is 2. The number of likely N-dealkylation sites (tertiary alicyclic amines) is 1. The van der Waals surface area contributed by atoms with Crippen LogP contribution in [0.4, 0.5) is 4.79 Å². The lowest BCUT2D eigenvalue weighted by Gasteiger charge is -2.20. The number of carboxylic acid groups (broad SMARTS) is 1. The minimum absolute atomic E-state index is 0.125. The number of nitrogens with zero attached hydrogens (tertiary/aromatic N) is 1. The number of methoxy groups -OCH3 is 1. The highest BCUT2D eigenvalue weighted by Crippen LogP contribution is 2.38. The summed E-state index contributed by atoms with van der Waals surface area (Å²) in [6.07, 6.45) is 4.52. The van der Waals surface area contributed by atoms with Gasteiger partial charge in [-0.3, -0.25) is 4.79 Å². The predicted octanol–water partition coefficient (Wildman–Crippen LogP) is 2.20. The van der Waals surface area contributed by atoms with Crippen molar-refractivity contribution in [2.24, 2.45) is 11.7 Å². The molecule has 3 N–H and O–H groups in total. The molecule has 7 nitrogen and oxygen atoms in total. The third-order valence-electron chi connectivity index (χ3n) is 5.16. The van der Waals surface area contributed by atoms with Crippen LogP contribution in [0.2, 0.25) is 0 Å². The summed E-state index contributed by atoms with van der Waals surface area (Å²) in [6.45, 7) is 0.418. The number of ether oxygens (including phenoxy) is 2. The summed E-state index contributed by atoms with van der Waals surface area (Å²) in [7, 11) is 1.58. The smallest absolute Gasteiger partial charge is 0.314 e. The summed E-state index contributed by atoms with van der Waals surface area (Å²) in [5.41, 5.74) is 6.16. The van der Waals surface area contributed by atoms with Crippen molar-refractivity contribution < 1.29 is 24.2 Å². The fourth-order valence-electron chi connectivity index (χ4n) is 3.77. The fraction of sp³-hybridized carbons (Fsp3) is 0.556. The second-order valence-electron chi connectivity index (χ2n) is 6.73. The Labute approximate surface area is 146 Å². The Morgan fingerprint density at radius 3 is 2.52 bits per heavy atom. The summed E-state index contributed by atoms with van der Waals surface area (Å²) >= 11 is 0. The lowest BCUT2D eigenvalue weighted by molar-refractivity contribution is -0.141. The van der Waals surface area contributed by atoms with E-state index in [0.717, 1.165) is 31.2 Å². The average molecular weight is 348 g/mol. The molecule has 0 radical (unpaired) electrons. The van der Waals surface area contributed by atoms with E-state index >= 15 is 0 Å². The first-order valence-electron chi connectivity index (χ1n) is 8.61. The van der Waals surface area contributed by atoms with E-state index in [-0.39, 0.29) is 18.6 Å². The maximum absolute atomic E-state index is 11.6. The Hall–Kier alpha value is -2.44. The first-order chi connectivity index (χ1) is 12.0. The molecule has 1 heterocycles. The summed E-state index contributed by atoms with van der Waals surface area (Å²) in [4.78, 5) is 24.4. The van der Waals surface area contributed by atoms with Crippen LogP contribution in [0.1, 0.15) is 37.2 Å². The molecule has 3 rings (SSSR count). The van der Waals surface area contributed by atoms with Crippen LogP contribution >= 0.6 is 0 Å². The molecule has 2 atom stereocenters. The van der Waals surface area contributed by atoms with E-state index in [1.165, 1.54) is 4.90 Å². The molecule has 1 saturated heterocycles. The second kappa shape index (κ2) is 7.21. The lowest BCUT2D eigenvalue weighted by atomic mass is 9.89. The van der Waals surface area contributed by atoms with E-state index < -0.39 is 17.9 Å². The molecule has 1 aliphatic heterocycles. The Balaban J connectivity index is 1.87. The van der Waals surface area contributed by atoms with Gasteiger partial charge < -0.3 is 25.2 Å². The largest absolute Gasteiger partial charge is 0.493 e. The number of benzene rings is 1. The van der Waals surface area contributed by atoms with Crippen LogP contribution in [0.3, 0.4) is 0 Å². The Morgan fingerprint density at radius 1 is 1.20 bits per heavy atom. The molecule has 1 aromatic carbocycles. The van der Waals surface area contributed by atoms with Gasteiger partial charge in [-0.2, -0.15) is 0 Å². The third-order valence-corrected chi connectivity index (χ3v) is 5.16. The first-order valence-corrected chi connectivity index (χ1v) is 8.61. The van der Waals surface area contributed by atoms with Gasteiger partial charge in [0.05, 0.1) is 19.1 Å². The number of nitrogens with two attached hydrogens (primary N) is 1. The van der Waals surface area contributed by atoms with Gasteiger partial charge in [-0.1, -0.05) is 6.07 Å². The van der Waals surface area contributed by atoms with Crippen LogP contribution in [-0.4, -0.2) is 48.3 Å². The van der Waals surface area contributed by atoms with Gasteiger partial charge in [-0.15, -0.1) is 0 Å². The molecule has 2 amide bonds. The Bertz CT molecular complexity index is 657. The average Bonchev–Trinajstić information content (AvgIpc) is 3.24. The van der Waals surface area contributed by atoms with E-state index in [1.807, 2.05) is 12.1 Å². The van der Waals surface area contributed by atoms with Crippen molar-refractivity contribution in [3.05, 3.63) is 23.8 Å². The van der Waals surface area contributed by atoms with Crippen molar-refractivity contribution in [2.75, 3.05) is 20.2 Å². The number of aliphatic carboxylic acids is 1. The molecule has 0 bridgehead atoms. The number of hydrogen-bond donors (Lipinski definition) is 2. The van der Waals surface area contributed by atoms with Gasteiger partial charge in [0.2, 0.25) is 0 Å². The Morgan fingerprint density at radius 2 is 1.92 bits per heavy atom. The quantitative estimate of drug-likeness (QED) is 0.849. The monoisotopic (exact) mass is 348 g/mol. The maximum Gasteiger partial charge on any atom is 0.314 e. The van der Waals surface area contributed by atoms with Gasteiger partial charge in [-0.05, 0) is 43.4 Å². The standard InChI is InChI=1S/C18H24N2O5/c1-24-15-7-6-11(8-16(15)25-12-4-2-3-5-12)13-9-20(18(19)23)10-14(13)17(21)22/h6-8,12-14H,2-5,9-10H2,1H3,(H2,19,23)(H,21,22)/t13-,14+/m0/s1. The molecule has 2 aliphatic rings.